The maximum absolute atomic E-state index is 13.3. The molecule has 4 rings (SSSR count). The normalized spacial score (nSPS) is 15.4. The number of Topliss-reactive ketones (excluding diaryl/α,β-unsaturated/α-hetero) is 1. The van der Waals surface area contributed by atoms with Gasteiger partial charge in [-0.1, -0.05) is 18.2 Å². The molecule has 8 nitrogen and oxygen atoms in total. The highest BCUT2D eigenvalue weighted by Gasteiger charge is 2.39. The molecule has 4 N–H and O–H groups in total. The molecule has 0 spiro atoms. The van der Waals surface area contributed by atoms with Gasteiger partial charge in [-0.2, -0.15) is 13.2 Å². The number of hydrogen-bond acceptors (Lipinski definition) is 7. The van der Waals surface area contributed by atoms with Crippen LogP contribution in [0.3, 0.4) is 0 Å². The van der Waals surface area contributed by atoms with E-state index in [1.807, 2.05) is 0 Å². The van der Waals surface area contributed by atoms with Gasteiger partial charge in [0.2, 0.25) is 5.78 Å². The van der Waals surface area contributed by atoms with Crippen molar-refractivity contribution in [2.75, 3.05) is 19.4 Å². The lowest BCUT2D eigenvalue weighted by Gasteiger charge is -2.30. The number of hydrogen-bond donors (Lipinski definition) is 4. The summed E-state index contributed by atoms with van der Waals surface area (Å²) in [5, 5.41) is 26.8. The van der Waals surface area contributed by atoms with Crippen LogP contribution < -0.4 is 10.6 Å². The van der Waals surface area contributed by atoms with Crippen LogP contribution in [0.4, 0.5) is 18.9 Å². The summed E-state index contributed by atoms with van der Waals surface area (Å²) in [4.78, 5) is 26.5. The van der Waals surface area contributed by atoms with Crippen LogP contribution in [0.15, 0.2) is 64.3 Å². The first kappa shape index (κ1) is 25.8. The number of furan rings is 1. The molecule has 0 saturated carbocycles. The van der Waals surface area contributed by atoms with Gasteiger partial charge in [0.25, 0.3) is 5.91 Å². The van der Waals surface area contributed by atoms with Gasteiger partial charge in [0.15, 0.2) is 11.9 Å². The topological polar surface area (TPSA) is 115 Å². The number of nitrogens with zero attached hydrogens (tertiary/aromatic N) is 1. The van der Waals surface area contributed by atoms with Crippen molar-refractivity contribution in [2.45, 2.75) is 25.7 Å². The van der Waals surface area contributed by atoms with Crippen LogP contribution in [0.2, 0.25) is 0 Å². The third-order valence-electron chi connectivity index (χ3n) is 5.85. The highest BCUT2D eigenvalue weighted by molar-refractivity contribution is 6.11. The first-order valence-electron chi connectivity index (χ1n) is 11.2. The zero-order valence-electron chi connectivity index (χ0n) is 20.1. The minimum absolute atomic E-state index is 0.0267. The Balaban J connectivity index is 1.72. The number of benzene rings is 2. The molecule has 11 heteroatoms. The van der Waals surface area contributed by atoms with Crippen molar-refractivity contribution in [3.05, 3.63) is 82.6 Å². The van der Waals surface area contributed by atoms with E-state index >= 15 is 0 Å². The lowest BCUT2D eigenvalue weighted by molar-refractivity contribution is -0.137. The highest BCUT2D eigenvalue weighted by Crippen LogP contribution is 2.40. The fourth-order valence-corrected chi connectivity index (χ4v) is 3.91. The minimum Gasteiger partial charge on any atom is -0.505 e. The molecule has 0 saturated heterocycles. The Morgan fingerprint density at radius 1 is 1.14 bits per heavy atom. The molecule has 0 radical (unpaired) electrons. The fraction of sp³-hybridized carbons (Fsp3) is 0.231. The molecular formula is C26H24F3N3O5. The summed E-state index contributed by atoms with van der Waals surface area (Å²) in [6.07, 6.45) is -6.01. The Morgan fingerprint density at radius 3 is 2.49 bits per heavy atom. The lowest BCUT2D eigenvalue weighted by Crippen LogP contribution is -2.45. The van der Waals surface area contributed by atoms with Crippen molar-refractivity contribution in [1.29, 1.82) is 0 Å². The van der Waals surface area contributed by atoms with Crippen LogP contribution in [0, 0.1) is 6.92 Å². The van der Waals surface area contributed by atoms with Crippen molar-refractivity contribution >= 4 is 17.4 Å². The van der Waals surface area contributed by atoms with Crippen molar-refractivity contribution in [2.24, 2.45) is 0 Å². The number of rotatable bonds is 7. The monoisotopic (exact) mass is 515 g/mol. The molecule has 1 heterocycles. The number of aliphatic hydroxyl groups is 1. The Bertz CT molecular complexity index is 1410. The summed E-state index contributed by atoms with van der Waals surface area (Å²) in [5.41, 5.74) is -0.897. The van der Waals surface area contributed by atoms with E-state index in [4.69, 9.17) is 4.42 Å². The second kappa shape index (κ2) is 9.66. The van der Waals surface area contributed by atoms with E-state index in [2.05, 4.69) is 10.6 Å². The molecule has 0 aliphatic heterocycles. The molecule has 1 aliphatic rings. The maximum Gasteiger partial charge on any atom is 0.416 e. The van der Waals surface area contributed by atoms with Gasteiger partial charge >= 0.3 is 6.18 Å². The third kappa shape index (κ3) is 5.03. The van der Waals surface area contributed by atoms with E-state index in [1.165, 1.54) is 43.3 Å². The molecule has 1 aromatic heterocycles. The van der Waals surface area contributed by atoms with Crippen LogP contribution in [0.25, 0.3) is 11.1 Å². The van der Waals surface area contributed by atoms with Crippen LogP contribution >= 0.6 is 0 Å². The number of phenols is 1. The number of carbonyl (C=O) groups is 2. The lowest BCUT2D eigenvalue weighted by atomic mass is 9.93. The van der Waals surface area contributed by atoms with E-state index in [0.29, 0.717) is 11.5 Å². The molecular weight excluding hydrogens is 491 g/mol. The number of alkyl halides is 3. The number of carbonyl (C=O) groups excluding carboxylic acids is 2. The van der Waals surface area contributed by atoms with Crippen LogP contribution in [-0.2, 0) is 17.5 Å². The van der Waals surface area contributed by atoms with Gasteiger partial charge in [0.1, 0.15) is 17.2 Å². The van der Waals surface area contributed by atoms with Crippen molar-refractivity contribution < 1.29 is 37.4 Å². The summed E-state index contributed by atoms with van der Waals surface area (Å²) in [6.45, 7) is 1.96. The van der Waals surface area contributed by atoms with Gasteiger partial charge in [-0.15, -0.1) is 0 Å². The van der Waals surface area contributed by atoms with E-state index in [-0.39, 0.29) is 40.3 Å². The predicted octanol–water partition coefficient (Wildman–Crippen LogP) is 4.04. The number of aromatic hydroxyl groups is 1. The molecule has 1 atom stereocenters. The van der Waals surface area contributed by atoms with E-state index < -0.39 is 35.3 Å². The van der Waals surface area contributed by atoms with Gasteiger partial charge in [-0.3, -0.25) is 9.59 Å². The van der Waals surface area contributed by atoms with Crippen LogP contribution in [0.1, 0.15) is 27.4 Å². The Labute approximate surface area is 210 Å². The predicted molar refractivity (Wildman–Crippen MR) is 129 cm³/mol. The molecule has 1 amide bonds. The smallest absolute Gasteiger partial charge is 0.416 e. The number of halogens is 3. The number of amides is 1. The number of phenolic OH excluding ortho intramolecular Hbond substituents is 1. The summed E-state index contributed by atoms with van der Waals surface area (Å²) < 4.78 is 45.3. The van der Waals surface area contributed by atoms with Crippen molar-refractivity contribution in [3.8, 4) is 16.9 Å². The van der Waals surface area contributed by atoms with Crippen molar-refractivity contribution in [3.63, 3.8) is 0 Å². The number of ketones is 1. The summed E-state index contributed by atoms with van der Waals surface area (Å²) >= 11 is 0. The summed E-state index contributed by atoms with van der Waals surface area (Å²) in [7, 11) is 2.87. The average Bonchev–Trinajstić information content (AvgIpc) is 3.27. The van der Waals surface area contributed by atoms with Crippen LogP contribution in [0.5, 0.6) is 5.75 Å². The van der Waals surface area contributed by atoms with Gasteiger partial charge in [-0.25, -0.2) is 0 Å². The molecule has 2 aromatic carbocycles. The molecule has 3 aromatic rings. The quantitative estimate of drug-likeness (QED) is 0.351. The first-order chi connectivity index (χ1) is 17.4. The average molecular weight is 515 g/mol. The highest BCUT2D eigenvalue weighted by atomic mass is 19.4. The zero-order chi connectivity index (χ0) is 27.1. The number of nitrogens with one attached hydrogen (secondary N) is 2. The summed E-state index contributed by atoms with van der Waals surface area (Å²) in [5.74, 6) is -0.591. The van der Waals surface area contributed by atoms with E-state index in [1.54, 1.807) is 19.1 Å². The van der Waals surface area contributed by atoms with Gasteiger partial charge < -0.3 is 30.2 Å². The maximum atomic E-state index is 13.3. The van der Waals surface area contributed by atoms with Gasteiger partial charge in [0.05, 0.1) is 29.1 Å². The van der Waals surface area contributed by atoms with Gasteiger partial charge in [-0.05, 0) is 48.4 Å². The molecule has 1 unspecified atom stereocenters. The van der Waals surface area contributed by atoms with E-state index in [9.17, 15) is 33.0 Å². The number of aliphatic hydroxyl groups excluding tert-OH is 1. The largest absolute Gasteiger partial charge is 0.505 e. The molecule has 37 heavy (non-hydrogen) atoms. The Hall–Kier alpha value is -4.25. The molecule has 0 bridgehead atoms. The molecule has 1 aliphatic carbocycles. The Kier molecular flexibility index (Phi) is 6.74. The zero-order valence-corrected chi connectivity index (χ0v) is 20.1. The standard InChI is InChI=1S/C26H24F3N3O5/c1-13-7-8-16(37-13)12-30-20-21(24(35)23(20)34)31-18-10-9-17(19(22(18)33)25(36)32(2)3)14-5-4-6-15(11-14)26(27,28)29/h4-11,23,30-31,33-34H,12H2,1-3H3. The number of aryl methyl sites for hydroxylation is 1. The second-order valence-corrected chi connectivity index (χ2v) is 8.71. The number of anilines is 1. The Morgan fingerprint density at radius 2 is 1.86 bits per heavy atom. The SMILES string of the molecule is Cc1ccc(CNC2=C(Nc3ccc(-c4cccc(C(F)(F)F)c4)c(C(=O)N(C)C)c3O)C(=O)C2O)o1. The van der Waals surface area contributed by atoms with Crippen LogP contribution in [-0.4, -0.2) is 47.0 Å². The fourth-order valence-electron chi connectivity index (χ4n) is 3.91. The minimum atomic E-state index is -4.60. The van der Waals surface area contributed by atoms with E-state index in [0.717, 1.165) is 12.1 Å². The summed E-state index contributed by atoms with van der Waals surface area (Å²) in [6, 6.07) is 10.6. The first-order valence-corrected chi connectivity index (χ1v) is 11.2. The van der Waals surface area contributed by atoms with Gasteiger partial charge in [0, 0.05) is 14.1 Å². The van der Waals surface area contributed by atoms with Crippen molar-refractivity contribution in [1.82, 2.24) is 10.2 Å². The third-order valence-corrected chi connectivity index (χ3v) is 5.85. The second-order valence-electron chi connectivity index (χ2n) is 8.71. The molecule has 194 valence electrons. The molecule has 0 fully saturated rings.